The van der Waals surface area contributed by atoms with Gasteiger partial charge in [0.2, 0.25) is 12.7 Å². The molecule has 1 aromatic carbocycles. The number of amides is 1. The van der Waals surface area contributed by atoms with Crippen LogP contribution in [0.5, 0.6) is 11.5 Å². The molecule has 1 aliphatic rings. The number of nitrogens with zero attached hydrogens (tertiary/aromatic N) is 2. The molecule has 1 atom stereocenters. The molecular formula is C17H21N3O3. The standard InChI is InChI=1S/C17H21N3O3/c1-10(17-11(2)18-19-12(17)3)7-16(21)20(4)13-5-6-14-15(8-13)23-9-22-14/h5-6,8,10H,7,9H2,1-4H3,(H,18,19)/t10-/m0/s1. The number of ether oxygens (including phenoxy) is 2. The van der Waals surface area contributed by atoms with E-state index >= 15 is 0 Å². The molecule has 1 N–H and O–H groups in total. The van der Waals surface area contributed by atoms with Crippen molar-refractivity contribution < 1.29 is 14.3 Å². The molecule has 0 bridgehead atoms. The second kappa shape index (κ2) is 5.95. The molecule has 0 saturated heterocycles. The van der Waals surface area contributed by atoms with Gasteiger partial charge in [-0.25, -0.2) is 0 Å². The lowest BCUT2D eigenvalue weighted by molar-refractivity contribution is -0.118. The van der Waals surface area contributed by atoms with Gasteiger partial charge in [-0.2, -0.15) is 5.10 Å². The van der Waals surface area contributed by atoms with Crippen molar-refractivity contribution >= 4 is 11.6 Å². The van der Waals surface area contributed by atoms with Crippen LogP contribution in [0, 0.1) is 13.8 Å². The lowest BCUT2D eigenvalue weighted by Crippen LogP contribution is -2.27. The Hall–Kier alpha value is -2.50. The lowest BCUT2D eigenvalue weighted by Gasteiger charge is -2.20. The van der Waals surface area contributed by atoms with Crippen LogP contribution in [0.15, 0.2) is 18.2 Å². The smallest absolute Gasteiger partial charge is 0.231 e. The Bertz CT molecular complexity index is 719. The van der Waals surface area contributed by atoms with Crippen LogP contribution in [0.3, 0.4) is 0 Å². The minimum Gasteiger partial charge on any atom is -0.454 e. The molecule has 1 amide bonds. The number of anilines is 1. The Labute approximate surface area is 135 Å². The number of carbonyl (C=O) groups excluding carboxylic acids is 1. The SMILES string of the molecule is Cc1n[nH]c(C)c1[C@@H](C)CC(=O)N(C)c1ccc2c(c1)OCO2. The normalized spacial score (nSPS) is 13.9. The number of hydrogen-bond donors (Lipinski definition) is 1. The number of benzene rings is 1. The Morgan fingerprint density at radius 1 is 1.35 bits per heavy atom. The largest absolute Gasteiger partial charge is 0.454 e. The van der Waals surface area contributed by atoms with E-state index in [9.17, 15) is 4.79 Å². The van der Waals surface area contributed by atoms with Crippen LogP contribution in [0.4, 0.5) is 5.69 Å². The van der Waals surface area contributed by atoms with E-state index in [1.807, 2.05) is 32.0 Å². The molecule has 0 fully saturated rings. The van der Waals surface area contributed by atoms with Gasteiger partial charge in [0.25, 0.3) is 0 Å². The van der Waals surface area contributed by atoms with Gasteiger partial charge in [-0.05, 0) is 37.5 Å². The van der Waals surface area contributed by atoms with E-state index < -0.39 is 0 Å². The molecule has 1 aromatic heterocycles. The fourth-order valence-electron chi connectivity index (χ4n) is 3.02. The number of hydrogen-bond acceptors (Lipinski definition) is 4. The van der Waals surface area contributed by atoms with E-state index in [1.54, 1.807) is 11.9 Å². The van der Waals surface area contributed by atoms with Gasteiger partial charge in [-0.1, -0.05) is 6.92 Å². The first-order valence-electron chi connectivity index (χ1n) is 7.65. The Morgan fingerprint density at radius 3 is 2.78 bits per heavy atom. The molecule has 2 aromatic rings. The molecular weight excluding hydrogens is 294 g/mol. The number of fused-ring (bicyclic) bond motifs is 1. The van der Waals surface area contributed by atoms with Crippen LogP contribution in [-0.4, -0.2) is 29.9 Å². The number of rotatable bonds is 4. The van der Waals surface area contributed by atoms with Crippen LogP contribution in [0.25, 0.3) is 0 Å². The van der Waals surface area contributed by atoms with Gasteiger partial charge in [-0.3, -0.25) is 9.89 Å². The van der Waals surface area contributed by atoms with Gasteiger partial charge in [0, 0.05) is 30.9 Å². The maximum Gasteiger partial charge on any atom is 0.231 e. The summed E-state index contributed by atoms with van der Waals surface area (Å²) in [5, 5.41) is 7.18. The van der Waals surface area contributed by atoms with E-state index in [0.29, 0.717) is 17.9 Å². The number of carbonyl (C=O) groups is 1. The summed E-state index contributed by atoms with van der Waals surface area (Å²) >= 11 is 0. The van der Waals surface area contributed by atoms with E-state index in [2.05, 4.69) is 17.1 Å². The summed E-state index contributed by atoms with van der Waals surface area (Å²) in [7, 11) is 1.78. The van der Waals surface area contributed by atoms with Crippen molar-refractivity contribution in [1.82, 2.24) is 10.2 Å². The number of aromatic amines is 1. The highest BCUT2D eigenvalue weighted by atomic mass is 16.7. The average molecular weight is 315 g/mol. The van der Waals surface area contributed by atoms with Crippen molar-refractivity contribution in [3.8, 4) is 11.5 Å². The zero-order chi connectivity index (χ0) is 16.6. The highest BCUT2D eigenvalue weighted by Gasteiger charge is 2.22. The summed E-state index contributed by atoms with van der Waals surface area (Å²) in [5.41, 5.74) is 3.89. The first-order valence-corrected chi connectivity index (χ1v) is 7.65. The van der Waals surface area contributed by atoms with Gasteiger partial charge in [0.15, 0.2) is 11.5 Å². The predicted molar refractivity (Wildman–Crippen MR) is 87.1 cm³/mol. The Balaban J connectivity index is 1.73. The molecule has 1 aliphatic heterocycles. The van der Waals surface area contributed by atoms with Crippen molar-refractivity contribution in [3.05, 3.63) is 35.2 Å². The van der Waals surface area contributed by atoms with Crippen molar-refractivity contribution in [3.63, 3.8) is 0 Å². The zero-order valence-electron chi connectivity index (χ0n) is 13.8. The summed E-state index contributed by atoms with van der Waals surface area (Å²) in [4.78, 5) is 14.3. The van der Waals surface area contributed by atoms with E-state index in [-0.39, 0.29) is 18.6 Å². The highest BCUT2D eigenvalue weighted by Crippen LogP contribution is 2.35. The van der Waals surface area contributed by atoms with E-state index in [4.69, 9.17) is 9.47 Å². The third kappa shape index (κ3) is 2.88. The van der Waals surface area contributed by atoms with Crippen molar-refractivity contribution in [2.75, 3.05) is 18.7 Å². The van der Waals surface area contributed by atoms with Crippen LogP contribution in [0.1, 0.15) is 36.2 Å². The molecule has 0 unspecified atom stereocenters. The van der Waals surface area contributed by atoms with Crippen molar-refractivity contribution in [2.45, 2.75) is 33.1 Å². The second-order valence-electron chi connectivity index (χ2n) is 5.94. The quantitative estimate of drug-likeness (QED) is 0.942. The van der Waals surface area contributed by atoms with Crippen LogP contribution < -0.4 is 14.4 Å². The van der Waals surface area contributed by atoms with Crippen LogP contribution >= 0.6 is 0 Å². The minimum atomic E-state index is 0.0522. The number of nitrogens with one attached hydrogen (secondary N) is 1. The molecule has 0 aliphatic carbocycles. The number of aromatic nitrogens is 2. The second-order valence-corrected chi connectivity index (χ2v) is 5.94. The molecule has 0 radical (unpaired) electrons. The third-order valence-electron chi connectivity index (χ3n) is 4.28. The summed E-state index contributed by atoms with van der Waals surface area (Å²) in [6.45, 7) is 6.22. The zero-order valence-corrected chi connectivity index (χ0v) is 13.8. The summed E-state index contributed by atoms with van der Waals surface area (Å²) in [5.74, 6) is 1.55. The van der Waals surface area contributed by atoms with E-state index in [1.165, 1.54) is 0 Å². The van der Waals surface area contributed by atoms with Gasteiger partial charge in [0.05, 0.1) is 5.69 Å². The summed E-state index contributed by atoms with van der Waals surface area (Å²) < 4.78 is 10.7. The minimum absolute atomic E-state index is 0.0522. The molecule has 6 heteroatoms. The average Bonchev–Trinajstić information content (AvgIpc) is 3.11. The molecule has 0 saturated carbocycles. The maximum absolute atomic E-state index is 12.6. The monoisotopic (exact) mass is 315 g/mol. The van der Waals surface area contributed by atoms with Crippen LogP contribution in [-0.2, 0) is 4.79 Å². The molecule has 122 valence electrons. The van der Waals surface area contributed by atoms with Gasteiger partial charge in [0.1, 0.15) is 0 Å². The van der Waals surface area contributed by atoms with E-state index in [0.717, 1.165) is 22.6 Å². The van der Waals surface area contributed by atoms with Crippen LogP contribution in [0.2, 0.25) is 0 Å². The van der Waals surface area contributed by atoms with Gasteiger partial charge < -0.3 is 14.4 Å². The molecule has 6 nitrogen and oxygen atoms in total. The highest BCUT2D eigenvalue weighted by molar-refractivity contribution is 5.93. The third-order valence-corrected chi connectivity index (χ3v) is 4.28. The first-order chi connectivity index (χ1) is 11.0. The number of H-pyrrole nitrogens is 1. The molecule has 3 rings (SSSR count). The van der Waals surface area contributed by atoms with Crippen molar-refractivity contribution in [1.29, 1.82) is 0 Å². The topological polar surface area (TPSA) is 67.5 Å². The Morgan fingerprint density at radius 2 is 2.09 bits per heavy atom. The predicted octanol–water partition coefficient (Wildman–Crippen LogP) is 2.91. The van der Waals surface area contributed by atoms with Gasteiger partial charge >= 0.3 is 0 Å². The van der Waals surface area contributed by atoms with Gasteiger partial charge in [-0.15, -0.1) is 0 Å². The number of aryl methyl sites for hydroxylation is 2. The maximum atomic E-state index is 12.6. The Kier molecular flexibility index (Phi) is 3.98. The first kappa shape index (κ1) is 15.4. The molecule has 23 heavy (non-hydrogen) atoms. The summed E-state index contributed by atoms with van der Waals surface area (Å²) in [6, 6.07) is 5.53. The fraction of sp³-hybridized carbons (Fsp3) is 0.412. The lowest BCUT2D eigenvalue weighted by atomic mass is 9.95. The molecule has 0 spiro atoms. The molecule has 2 heterocycles. The summed E-state index contributed by atoms with van der Waals surface area (Å²) in [6.07, 6.45) is 0.423. The fourth-order valence-corrected chi connectivity index (χ4v) is 3.02. The van der Waals surface area contributed by atoms with Crippen molar-refractivity contribution in [2.24, 2.45) is 0 Å².